The van der Waals surface area contributed by atoms with E-state index in [1.165, 1.54) is 11.1 Å². The number of benzene rings is 1. The van der Waals surface area contributed by atoms with Gasteiger partial charge >= 0.3 is 0 Å². The van der Waals surface area contributed by atoms with Crippen LogP contribution in [0.3, 0.4) is 0 Å². The highest BCUT2D eigenvalue weighted by molar-refractivity contribution is 7.79. The fraction of sp³-hybridized carbons (Fsp3) is 0.400. The van der Waals surface area contributed by atoms with Gasteiger partial charge in [-0.15, -0.1) is 0 Å². The number of thiol groups is 1. The third kappa shape index (κ3) is 1.44. The monoisotopic (exact) mass is 180 g/mol. The molecule has 1 aromatic carbocycles. The van der Waals surface area contributed by atoms with Gasteiger partial charge in [-0.2, -0.15) is 12.6 Å². The van der Waals surface area contributed by atoms with E-state index in [0.717, 1.165) is 31.0 Å². The van der Waals surface area contributed by atoms with Crippen molar-refractivity contribution < 1.29 is 4.74 Å². The van der Waals surface area contributed by atoms with Crippen LogP contribution in [-0.2, 0) is 12.2 Å². The molecule has 2 heteroatoms. The van der Waals surface area contributed by atoms with Crippen LogP contribution in [0.1, 0.15) is 17.5 Å². The Bertz CT molecular complexity index is 283. The third-order valence-corrected chi connectivity index (χ3v) is 2.52. The van der Waals surface area contributed by atoms with Crippen LogP contribution in [0, 0.1) is 0 Å². The molecule has 0 aromatic heterocycles. The lowest BCUT2D eigenvalue weighted by Crippen LogP contribution is -2.08. The maximum absolute atomic E-state index is 5.50. The fourth-order valence-corrected chi connectivity index (χ4v) is 1.71. The van der Waals surface area contributed by atoms with Gasteiger partial charge in [0.15, 0.2) is 0 Å². The Morgan fingerprint density at radius 1 is 1.42 bits per heavy atom. The molecule has 0 fully saturated rings. The largest absolute Gasteiger partial charge is 0.493 e. The number of aryl methyl sites for hydroxylation is 1. The SMILES string of the molecule is SCc1ccc2c(c1)CCCO2. The first-order valence-electron chi connectivity index (χ1n) is 4.25. The smallest absolute Gasteiger partial charge is 0.122 e. The van der Waals surface area contributed by atoms with Crippen LogP contribution in [-0.4, -0.2) is 6.61 Å². The third-order valence-electron chi connectivity index (χ3n) is 2.16. The van der Waals surface area contributed by atoms with E-state index in [2.05, 4.69) is 30.8 Å². The summed E-state index contributed by atoms with van der Waals surface area (Å²) < 4.78 is 5.50. The molecule has 64 valence electrons. The predicted octanol–water partition coefficient (Wildman–Crippen LogP) is 2.44. The number of rotatable bonds is 1. The first kappa shape index (κ1) is 7.99. The molecule has 1 aromatic rings. The van der Waals surface area contributed by atoms with E-state index in [1.807, 2.05) is 0 Å². The summed E-state index contributed by atoms with van der Waals surface area (Å²) in [7, 11) is 0. The zero-order chi connectivity index (χ0) is 8.39. The molecule has 0 saturated heterocycles. The molecule has 1 aliphatic rings. The molecule has 0 radical (unpaired) electrons. The minimum atomic E-state index is 0.813. The molecule has 0 aliphatic carbocycles. The van der Waals surface area contributed by atoms with Crippen molar-refractivity contribution in [2.45, 2.75) is 18.6 Å². The summed E-state index contributed by atoms with van der Waals surface area (Å²) in [4.78, 5) is 0. The average Bonchev–Trinajstić information content (AvgIpc) is 2.17. The van der Waals surface area contributed by atoms with Crippen molar-refractivity contribution in [1.29, 1.82) is 0 Å². The van der Waals surface area contributed by atoms with E-state index < -0.39 is 0 Å². The summed E-state index contributed by atoms with van der Waals surface area (Å²) in [5.41, 5.74) is 2.62. The fourth-order valence-electron chi connectivity index (χ4n) is 1.51. The molecule has 0 amide bonds. The number of fused-ring (bicyclic) bond motifs is 1. The molecule has 1 heterocycles. The van der Waals surface area contributed by atoms with E-state index in [1.54, 1.807) is 0 Å². The molecule has 0 bridgehead atoms. The standard InChI is InChI=1S/C10H12OS/c12-7-8-3-4-10-9(6-8)2-1-5-11-10/h3-4,6,12H,1-2,5,7H2. The summed E-state index contributed by atoms with van der Waals surface area (Å²) in [6.45, 7) is 0.868. The highest BCUT2D eigenvalue weighted by Gasteiger charge is 2.09. The van der Waals surface area contributed by atoms with Gasteiger partial charge in [0, 0.05) is 5.75 Å². The van der Waals surface area contributed by atoms with E-state index in [9.17, 15) is 0 Å². The molecule has 0 N–H and O–H groups in total. The van der Waals surface area contributed by atoms with Gasteiger partial charge in [0.05, 0.1) is 6.61 Å². The molecule has 2 rings (SSSR count). The van der Waals surface area contributed by atoms with E-state index in [-0.39, 0.29) is 0 Å². The molecule has 0 saturated carbocycles. The summed E-state index contributed by atoms with van der Waals surface area (Å²) in [6, 6.07) is 6.33. The highest BCUT2D eigenvalue weighted by Crippen LogP contribution is 2.25. The molecular formula is C10H12OS. The molecule has 12 heavy (non-hydrogen) atoms. The van der Waals surface area contributed by atoms with Gasteiger partial charge < -0.3 is 4.74 Å². The van der Waals surface area contributed by atoms with Crippen LogP contribution in [0.4, 0.5) is 0 Å². The molecule has 0 spiro atoms. The maximum atomic E-state index is 5.50. The van der Waals surface area contributed by atoms with Crippen LogP contribution in [0.15, 0.2) is 18.2 Å². The highest BCUT2D eigenvalue weighted by atomic mass is 32.1. The van der Waals surface area contributed by atoms with Crippen molar-refractivity contribution in [3.8, 4) is 5.75 Å². The van der Waals surface area contributed by atoms with Crippen molar-refractivity contribution in [2.75, 3.05) is 6.61 Å². The van der Waals surface area contributed by atoms with Crippen LogP contribution >= 0.6 is 12.6 Å². The van der Waals surface area contributed by atoms with Crippen LogP contribution in [0.5, 0.6) is 5.75 Å². The number of hydrogen-bond acceptors (Lipinski definition) is 2. The molecule has 1 nitrogen and oxygen atoms in total. The van der Waals surface area contributed by atoms with Gasteiger partial charge in [-0.3, -0.25) is 0 Å². The van der Waals surface area contributed by atoms with Crippen molar-refractivity contribution >= 4 is 12.6 Å². The lowest BCUT2D eigenvalue weighted by molar-refractivity contribution is 0.288. The lowest BCUT2D eigenvalue weighted by Gasteiger charge is -2.17. The number of hydrogen-bond donors (Lipinski definition) is 1. The quantitative estimate of drug-likeness (QED) is 0.653. The second-order valence-electron chi connectivity index (χ2n) is 3.05. The first-order chi connectivity index (χ1) is 5.90. The summed E-state index contributed by atoms with van der Waals surface area (Å²) in [5, 5.41) is 0. The second kappa shape index (κ2) is 3.40. The summed E-state index contributed by atoms with van der Waals surface area (Å²) >= 11 is 4.24. The normalized spacial score (nSPS) is 15.1. The first-order valence-corrected chi connectivity index (χ1v) is 4.89. The van der Waals surface area contributed by atoms with Gasteiger partial charge in [0.1, 0.15) is 5.75 Å². The Morgan fingerprint density at radius 2 is 2.33 bits per heavy atom. The van der Waals surface area contributed by atoms with Gasteiger partial charge in [0.25, 0.3) is 0 Å². The Hall–Kier alpha value is -0.630. The molecule has 1 aliphatic heterocycles. The van der Waals surface area contributed by atoms with Gasteiger partial charge in [0.2, 0.25) is 0 Å². The average molecular weight is 180 g/mol. The molecule has 0 atom stereocenters. The van der Waals surface area contributed by atoms with Crippen LogP contribution in [0.25, 0.3) is 0 Å². The van der Waals surface area contributed by atoms with Crippen molar-refractivity contribution in [1.82, 2.24) is 0 Å². The van der Waals surface area contributed by atoms with Gasteiger partial charge in [-0.05, 0) is 30.0 Å². The Morgan fingerprint density at radius 3 is 3.17 bits per heavy atom. The van der Waals surface area contributed by atoms with E-state index >= 15 is 0 Å². The van der Waals surface area contributed by atoms with Gasteiger partial charge in [-0.1, -0.05) is 12.1 Å². The van der Waals surface area contributed by atoms with Crippen LogP contribution < -0.4 is 4.74 Å². The second-order valence-corrected chi connectivity index (χ2v) is 3.37. The van der Waals surface area contributed by atoms with Gasteiger partial charge in [-0.25, -0.2) is 0 Å². The van der Waals surface area contributed by atoms with Crippen molar-refractivity contribution in [3.05, 3.63) is 29.3 Å². The minimum Gasteiger partial charge on any atom is -0.493 e. The lowest BCUT2D eigenvalue weighted by atomic mass is 10.0. The van der Waals surface area contributed by atoms with Crippen molar-refractivity contribution in [2.24, 2.45) is 0 Å². The van der Waals surface area contributed by atoms with E-state index in [4.69, 9.17) is 4.74 Å². The Labute approximate surface area is 78.2 Å². The maximum Gasteiger partial charge on any atom is 0.122 e. The summed E-state index contributed by atoms with van der Waals surface area (Å²) in [5.74, 6) is 1.87. The number of ether oxygens (including phenoxy) is 1. The Balaban J connectivity index is 2.36. The van der Waals surface area contributed by atoms with Crippen molar-refractivity contribution in [3.63, 3.8) is 0 Å². The minimum absolute atomic E-state index is 0.813. The molecule has 0 unspecified atom stereocenters. The predicted molar refractivity (Wildman–Crippen MR) is 52.9 cm³/mol. The zero-order valence-corrected chi connectivity index (χ0v) is 7.81. The summed E-state index contributed by atoms with van der Waals surface area (Å²) in [6.07, 6.45) is 2.29. The Kier molecular flexibility index (Phi) is 2.26. The topological polar surface area (TPSA) is 9.23 Å². The van der Waals surface area contributed by atoms with E-state index in [0.29, 0.717) is 0 Å². The zero-order valence-electron chi connectivity index (χ0n) is 6.92. The van der Waals surface area contributed by atoms with Crippen LogP contribution in [0.2, 0.25) is 0 Å². The molecular weight excluding hydrogens is 168 g/mol.